The minimum atomic E-state index is -0.593. The molecule has 43 heavy (non-hydrogen) atoms. The van der Waals surface area contributed by atoms with Crippen molar-refractivity contribution in [2.75, 3.05) is 6.61 Å². The number of rotatable bonds is 9. The van der Waals surface area contributed by atoms with Crippen LogP contribution in [0, 0.1) is 16.7 Å². The fraction of sp³-hybridized carbons (Fsp3) is 0.595. The largest absolute Gasteiger partial charge is 0.494 e. The van der Waals surface area contributed by atoms with Gasteiger partial charge in [-0.15, -0.1) is 0 Å². The number of carbonyl (C=O) groups excluding carboxylic acids is 2. The first-order valence-corrected chi connectivity index (χ1v) is 16.1. The molecule has 234 valence electrons. The van der Waals surface area contributed by atoms with E-state index in [4.69, 9.17) is 14.5 Å². The number of nitrogens with zero attached hydrogens (tertiary/aromatic N) is 2. The number of hydrogen-bond acceptors (Lipinski definition) is 5. The number of aliphatic imine (C=N–C) groups is 1. The Kier molecular flexibility index (Phi) is 9.78. The molecule has 2 aliphatic rings. The van der Waals surface area contributed by atoms with Crippen molar-refractivity contribution in [2.45, 2.75) is 119 Å². The Labute approximate surface area is 259 Å². The average molecular weight is 589 g/mol. The summed E-state index contributed by atoms with van der Waals surface area (Å²) in [4.78, 5) is 34.7. The van der Waals surface area contributed by atoms with E-state index in [1.165, 1.54) is 0 Å². The van der Waals surface area contributed by atoms with Crippen molar-refractivity contribution in [3.8, 4) is 5.75 Å². The van der Waals surface area contributed by atoms with Gasteiger partial charge in [0.2, 0.25) is 0 Å². The molecule has 1 atom stereocenters. The number of benzene rings is 2. The summed E-state index contributed by atoms with van der Waals surface area (Å²) < 4.78 is 11.1. The van der Waals surface area contributed by atoms with Gasteiger partial charge >= 0.3 is 5.97 Å². The van der Waals surface area contributed by atoms with Crippen LogP contribution >= 0.6 is 0 Å². The second-order valence-electron chi connectivity index (χ2n) is 14.9. The monoisotopic (exact) mass is 588 g/mol. The summed E-state index contributed by atoms with van der Waals surface area (Å²) in [5.41, 5.74) is 2.63. The van der Waals surface area contributed by atoms with Crippen LogP contribution in [0.2, 0.25) is 0 Å². The van der Waals surface area contributed by atoms with Gasteiger partial charge in [0, 0.05) is 5.56 Å². The maximum atomic E-state index is 14.6. The molecule has 0 N–H and O–H groups in total. The van der Waals surface area contributed by atoms with Crippen molar-refractivity contribution in [3.63, 3.8) is 0 Å². The van der Waals surface area contributed by atoms with E-state index in [0.29, 0.717) is 23.8 Å². The predicted molar refractivity (Wildman–Crippen MR) is 174 cm³/mol. The number of hydrogen-bond donors (Lipinski definition) is 0. The zero-order chi connectivity index (χ0) is 31.6. The number of amides is 1. The molecule has 2 aromatic rings. The smallest absolute Gasteiger partial charge is 0.338 e. The lowest BCUT2D eigenvalue weighted by molar-refractivity contribution is -0.134. The van der Waals surface area contributed by atoms with Crippen molar-refractivity contribution >= 4 is 17.6 Å². The summed E-state index contributed by atoms with van der Waals surface area (Å²) in [6, 6.07) is 15.3. The quantitative estimate of drug-likeness (QED) is 0.275. The lowest BCUT2D eigenvalue weighted by Gasteiger charge is -2.47. The summed E-state index contributed by atoms with van der Waals surface area (Å²) in [7, 11) is 0. The lowest BCUT2D eigenvalue weighted by atomic mass is 9.69. The molecule has 0 bridgehead atoms. The molecule has 1 saturated carbocycles. The molecule has 1 amide bonds. The third kappa shape index (κ3) is 7.69. The van der Waals surface area contributed by atoms with E-state index in [-0.39, 0.29) is 34.9 Å². The number of carbonyl (C=O) groups is 2. The van der Waals surface area contributed by atoms with Crippen molar-refractivity contribution in [1.29, 1.82) is 0 Å². The van der Waals surface area contributed by atoms with Crippen LogP contribution in [-0.2, 0) is 9.53 Å². The second-order valence-corrected chi connectivity index (χ2v) is 14.9. The van der Waals surface area contributed by atoms with Gasteiger partial charge in [-0.2, -0.15) is 0 Å². The SMILES string of the molecule is CCOc1ccc(C2=NC3(CCC(C(C)(C)C)CC3)N([C@H](CCC(C)(C)C)c3ccc(C(=O)OC(C)C)cc3)C2=O)cc1. The van der Waals surface area contributed by atoms with Crippen molar-refractivity contribution < 1.29 is 19.1 Å². The number of esters is 1. The van der Waals surface area contributed by atoms with Crippen LogP contribution in [0.25, 0.3) is 0 Å². The standard InChI is InChI=1S/C37H52N2O4/c1-10-42-30-17-15-27(16-18-30)32-33(40)39(37(38-32)23-19-29(20-24-37)36(7,8)9)31(21-22-35(4,5)6)26-11-13-28(14-12-26)34(41)43-25(2)3/h11-18,25,29,31H,10,19-24H2,1-9H3/t29?,31-,37?/m1/s1. The highest BCUT2D eigenvalue weighted by Crippen LogP contribution is 2.50. The van der Waals surface area contributed by atoms with E-state index >= 15 is 0 Å². The molecule has 1 spiro atoms. The molecule has 0 unspecified atom stereocenters. The van der Waals surface area contributed by atoms with Gasteiger partial charge in [-0.3, -0.25) is 9.79 Å². The Morgan fingerprint density at radius 1 is 0.977 bits per heavy atom. The first kappa shape index (κ1) is 32.8. The Balaban J connectivity index is 1.76. The van der Waals surface area contributed by atoms with Crippen LogP contribution in [0.4, 0.5) is 0 Å². The zero-order valence-corrected chi connectivity index (χ0v) is 27.8. The first-order valence-electron chi connectivity index (χ1n) is 16.1. The molecule has 0 radical (unpaired) electrons. The molecule has 0 aromatic heterocycles. The van der Waals surface area contributed by atoms with Gasteiger partial charge in [-0.25, -0.2) is 4.79 Å². The van der Waals surface area contributed by atoms with Crippen molar-refractivity contribution in [3.05, 3.63) is 65.2 Å². The topological polar surface area (TPSA) is 68.2 Å². The molecular formula is C37H52N2O4. The van der Waals surface area contributed by atoms with E-state index in [0.717, 1.165) is 55.4 Å². The Hall–Kier alpha value is -3.15. The van der Waals surface area contributed by atoms with Crippen LogP contribution in [0.1, 0.15) is 128 Å². The summed E-state index contributed by atoms with van der Waals surface area (Å²) in [6.45, 7) is 19.9. The Bertz CT molecular complexity index is 1290. The maximum Gasteiger partial charge on any atom is 0.338 e. The summed E-state index contributed by atoms with van der Waals surface area (Å²) in [6.07, 6.45) is 5.30. The molecule has 1 aliphatic carbocycles. The normalized spacial score (nSPS) is 21.7. The van der Waals surface area contributed by atoms with Gasteiger partial charge in [-0.1, -0.05) is 53.7 Å². The molecule has 1 aliphatic heterocycles. The van der Waals surface area contributed by atoms with E-state index in [9.17, 15) is 9.59 Å². The van der Waals surface area contributed by atoms with Crippen LogP contribution < -0.4 is 4.74 Å². The van der Waals surface area contributed by atoms with Gasteiger partial charge in [0.05, 0.1) is 24.3 Å². The van der Waals surface area contributed by atoms with Gasteiger partial charge in [0.25, 0.3) is 5.91 Å². The van der Waals surface area contributed by atoms with E-state index in [1.807, 2.05) is 69.3 Å². The van der Waals surface area contributed by atoms with Crippen LogP contribution in [0.5, 0.6) is 5.75 Å². The second kappa shape index (κ2) is 12.8. The van der Waals surface area contributed by atoms with Crippen LogP contribution in [0.3, 0.4) is 0 Å². The molecule has 1 fully saturated rings. The highest BCUT2D eigenvalue weighted by molar-refractivity contribution is 6.46. The molecule has 2 aromatic carbocycles. The maximum absolute atomic E-state index is 14.6. The third-order valence-corrected chi connectivity index (χ3v) is 8.99. The molecule has 6 heteroatoms. The minimum absolute atomic E-state index is 0.0134. The molecule has 4 rings (SSSR count). The molecular weight excluding hydrogens is 536 g/mol. The fourth-order valence-corrected chi connectivity index (χ4v) is 6.55. The highest BCUT2D eigenvalue weighted by atomic mass is 16.5. The summed E-state index contributed by atoms with van der Waals surface area (Å²) in [5, 5.41) is 0. The van der Waals surface area contributed by atoms with E-state index in [2.05, 4.69) is 46.4 Å². The van der Waals surface area contributed by atoms with Crippen LogP contribution in [-0.4, -0.2) is 40.9 Å². The fourth-order valence-electron chi connectivity index (χ4n) is 6.55. The van der Waals surface area contributed by atoms with Crippen molar-refractivity contribution in [2.24, 2.45) is 21.7 Å². The van der Waals surface area contributed by atoms with E-state index in [1.54, 1.807) is 0 Å². The Morgan fingerprint density at radius 3 is 2.09 bits per heavy atom. The third-order valence-electron chi connectivity index (χ3n) is 8.99. The average Bonchev–Trinajstić information content (AvgIpc) is 3.20. The van der Waals surface area contributed by atoms with Gasteiger partial charge in [0.15, 0.2) is 0 Å². The summed E-state index contributed by atoms with van der Waals surface area (Å²) >= 11 is 0. The van der Waals surface area contributed by atoms with Crippen molar-refractivity contribution in [1.82, 2.24) is 4.90 Å². The molecule has 6 nitrogen and oxygen atoms in total. The van der Waals surface area contributed by atoms with Gasteiger partial charge < -0.3 is 14.4 Å². The predicted octanol–water partition coefficient (Wildman–Crippen LogP) is 8.78. The van der Waals surface area contributed by atoms with Crippen LogP contribution in [0.15, 0.2) is 53.5 Å². The van der Waals surface area contributed by atoms with Gasteiger partial charge in [-0.05, 0) is 118 Å². The van der Waals surface area contributed by atoms with E-state index < -0.39 is 5.66 Å². The minimum Gasteiger partial charge on any atom is -0.494 e. The molecule has 1 heterocycles. The number of ether oxygens (including phenoxy) is 2. The van der Waals surface area contributed by atoms with Gasteiger partial charge in [0.1, 0.15) is 17.1 Å². The first-order chi connectivity index (χ1) is 20.1. The highest BCUT2D eigenvalue weighted by Gasteiger charge is 2.52. The summed E-state index contributed by atoms with van der Waals surface area (Å²) in [5.74, 6) is 1.02. The lowest BCUT2D eigenvalue weighted by Crippen LogP contribution is -2.51. The zero-order valence-electron chi connectivity index (χ0n) is 27.8. The Morgan fingerprint density at radius 2 is 1.58 bits per heavy atom. The molecule has 0 saturated heterocycles.